The van der Waals surface area contributed by atoms with Crippen LogP contribution in [0.2, 0.25) is 0 Å². The average Bonchev–Trinajstić information content (AvgIpc) is 2.37. The van der Waals surface area contributed by atoms with Crippen LogP contribution >= 0.6 is 0 Å². The molecule has 0 spiro atoms. The Labute approximate surface area is 118 Å². The Bertz CT molecular complexity index is 770. The molecule has 12 heteroatoms. The molecule has 2 rings (SSSR count). The van der Waals surface area contributed by atoms with Crippen LogP contribution in [0.15, 0.2) is 29.2 Å². The molecule has 0 bridgehead atoms. The molecule has 0 atom stereocenters. The van der Waals surface area contributed by atoms with E-state index in [1.165, 1.54) is 0 Å². The summed E-state index contributed by atoms with van der Waals surface area (Å²) >= 11 is 0. The van der Waals surface area contributed by atoms with Gasteiger partial charge in [0.05, 0.1) is 9.82 Å². The highest BCUT2D eigenvalue weighted by atomic mass is 32.2. The maximum Gasteiger partial charge on any atom is 0.269 e. The van der Waals surface area contributed by atoms with Crippen molar-refractivity contribution >= 4 is 33.6 Å². The van der Waals surface area contributed by atoms with Gasteiger partial charge in [-0.2, -0.15) is 15.0 Å². The quantitative estimate of drug-likeness (QED) is 0.506. The SMILES string of the molecule is Nc1nc(N)nc(NS(=O)(=O)c2ccc([N+](=O)[O-])cc2)n1. The molecule has 1 aromatic carbocycles. The van der Waals surface area contributed by atoms with Crippen LogP contribution in [0.5, 0.6) is 0 Å². The van der Waals surface area contributed by atoms with E-state index in [9.17, 15) is 18.5 Å². The highest BCUT2D eigenvalue weighted by Crippen LogP contribution is 2.18. The summed E-state index contributed by atoms with van der Waals surface area (Å²) < 4.78 is 26.1. The van der Waals surface area contributed by atoms with Gasteiger partial charge in [0.25, 0.3) is 15.7 Å². The second-order valence-electron chi connectivity index (χ2n) is 3.73. The molecule has 0 amide bonds. The van der Waals surface area contributed by atoms with E-state index >= 15 is 0 Å². The fraction of sp³-hybridized carbons (Fsp3) is 0. The van der Waals surface area contributed by atoms with E-state index in [-0.39, 0.29) is 28.4 Å². The molecule has 0 unspecified atom stereocenters. The predicted octanol–water partition coefficient (Wildman–Crippen LogP) is -0.255. The molecule has 21 heavy (non-hydrogen) atoms. The zero-order chi connectivity index (χ0) is 15.6. The maximum absolute atomic E-state index is 12.0. The van der Waals surface area contributed by atoms with Crippen molar-refractivity contribution < 1.29 is 13.3 Å². The van der Waals surface area contributed by atoms with Crippen LogP contribution in [0.1, 0.15) is 0 Å². The summed E-state index contributed by atoms with van der Waals surface area (Å²) in [5.41, 5.74) is 10.4. The zero-order valence-electron chi connectivity index (χ0n) is 10.3. The number of nitrogens with two attached hydrogens (primary N) is 2. The summed E-state index contributed by atoms with van der Waals surface area (Å²) in [4.78, 5) is 20.3. The van der Waals surface area contributed by atoms with Crippen molar-refractivity contribution in [3.63, 3.8) is 0 Å². The molecule has 5 N–H and O–H groups in total. The van der Waals surface area contributed by atoms with E-state index in [4.69, 9.17) is 11.5 Å². The van der Waals surface area contributed by atoms with E-state index in [2.05, 4.69) is 15.0 Å². The molecule has 0 fully saturated rings. The zero-order valence-corrected chi connectivity index (χ0v) is 11.1. The van der Waals surface area contributed by atoms with Crippen molar-refractivity contribution in [1.82, 2.24) is 15.0 Å². The lowest BCUT2D eigenvalue weighted by molar-refractivity contribution is -0.384. The molecule has 0 aliphatic carbocycles. The largest absolute Gasteiger partial charge is 0.368 e. The number of anilines is 3. The Balaban J connectivity index is 2.31. The number of nitrogens with zero attached hydrogens (tertiary/aromatic N) is 4. The van der Waals surface area contributed by atoms with E-state index in [0.29, 0.717) is 0 Å². The molecule has 0 aliphatic rings. The Hall–Kier alpha value is -3.02. The van der Waals surface area contributed by atoms with Crippen LogP contribution in [0.3, 0.4) is 0 Å². The van der Waals surface area contributed by atoms with Gasteiger partial charge in [-0.05, 0) is 12.1 Å². The first kappa shape index (κ1) is 14.4. The summed E-state index contributed by atoms with van der Waals surface area (Å²) in [6, 6.07) is 4.28. The fourth-order valence-electron chi connectivity index (χ4n) is 1.38. The van der Waals surface area contributed by atoms with E-state index in [1.807, 2.05) is 4.72 Å². The normalized spacial score (nSPS) is 11.0. The summed E-state index contributed by atoms with van der Waals surface area (Å²) in [5.74, 6) is -0.842. The third-order valence-electron chi connectivity index (χ3n) is 2.25. The van der Waals surface area contributed by atoms with Gasteiger partial charge in [0.15, 0.2) is 0 Å². The molecule has 0 radical (unpaired) electrons. The first-order valence-electron chi connectivity index (χ1n) is 5.32. The average molecular weight is 311 g/mol. The third-order valence-corrected chi connectivity index (χ3v) is 3.60. The number of benzene rings is 1. The van der Waals surface area contributed by atoms with Gasteiger partial charge in [-0.25, -0.2) is 13.1 Å². The smallest absolute Gasteiger partial charge is 0.269 e. The van der Waals surface area contributed by atoms with Crippen LogP contribution in [0, 0.1) is 10.1 Å². The number of nitro groups is 1. The van der Waals surface area contributed by atoms with Gasteiger partial charge in [0.1, 0.15) is 0 Å². The minimum absolute atomic E-state index is 0.203. The molecule has 0 saturated carbocycles. The van der Waals surface area contributed by atoms with Gasteiger partial charge in [0.2, 0.25) is 17.8 Å². The first-order chi connectivity index (χ1) is 9.78. The van der Waals surface area contributed by atoms with Crippen molar-refractivity contribution in [1.29, 1.82) is 0 Å². The van der Waals surface area contributed by atoms with E-state index < -0.39 is 14.9 Å². The van der Waals surface area contributed by atoms with Crippen LogP contribution in [-0.4, -0.2) is 28.3 Å². The third kappa shape index (κ3) is 3.30. The minimum atomic E-state index is -4.03. The van der Waals surface area contributed by atoms with Gasteiger partial charge in [0, 0.05) is 12.1 Å². The van der Waals surface area contributed by atoms with Crippen LogP contribution < -0.4 is 16.2 Å². The second-order valence-corrected chi connectivity index (χ2v) is 5.41. The fourth-order valence-corrected chi connectivity index (χ4v) is 2.33. The van der Waals surface area contributed by atoms with Crippen molar-refractivity contribution in [2.45, 2.75) is 4.90 Å². The molecule has 1 heterocycles. The monoisotopic (exact) mass is 311 g/mol. The number of non-ortho nitro benzene ring substituents is 1. The first-order valence-corrected chi connectivity index (χ1v) is 6.80. The standard InChI is InChI=1S/C9H9N7O4S/c10-7-12-8(11)14-9(13-7)15-21(19,20)6-3-1-5(2-4-6)16(17)18/h1-4H,(H5,10,11,12,13,14,15). The number of hydrogen-bond donors (Lipinski definition) is 3. The van der Waals surface area contributed by atoms with Crippen LogP contribution in [-0.2, 0) is 10.0 Å². The molecule has 110 valence electrons. The molecule has 1 aromatic heterocycles. The minimum Gasteiger partial charge on any atom is -0.368 e. The number of nitrogens with one attached hydrogen (secondary N) is 1. The highest BCUT2D eigenvalue weighted by molar-refractivity contribution is 7.92. The van der Waals surface area contributed by atoms with Crippen molar-refractivity contribution in [2.75, 3.05) is 16.2 Å². The Morgan fingerprint density at radius 1 is 1.05 bits per heavy atom. The number of nitrogen functional groups attached to an aromatic ring is 2. The second kappa shape index (κ2) is 5.16. The van der Waals surface area contributed by atoms with Crippen LogP contribution in [0.25, 0.3) is 0 Å². The molecular weight excluding hydrogens is 302 g/mol. The van der Waals surface area contributed by atoms with Gasteiger partial charge in [-0.3, -0.25) is 10.1 Å². The van der Waals surface area contributed by atoms with Crippen molar-refractivity contribution in [3.8, 4) is 0 Å². The van der Waals surface area contributed by atoms with Gasteiger partial charge >= 0.3 is 0 Å². The molecule has 2 aromatic rings. The van der Waals surface area contributed by atoms with Gasteiger partial charge in [-0.15, -0.1) is 0 Å². The molecule has 0 aliphatic heterocycles. The van der Waals surface area contributed by atoms with E-state index in [0.717, 1.165) is 24.3 Å². The molecule has 0 saturated heterocycles. The number of sulfonamides is 1. The summed E-state index contributed by atoms with van der Waals surface area (Å²) in [6.45, 7) is 0. The van der Waals surface area contributed by atoms with Gasteiger partial charge in [-0.1, -0.05) is 0 Å². The van der Waals surface area contributed by atoms with Crippen molar-refractivity contribution in [3.05, 3.63) is 34.4 Å². The highest BCUT2D eigenvalue weighted by Gasteiger charge is 2.18. The van der Waals surface area contributed by atoms with Gasteiger partial charge < -0.3 is 11.5 Å². The van der Waals surface area contributed by atoms with Crippen LogP contribution in [0.4, 0.5) is 23.5 Å². The predicted molar refractivity (Wildman–Crippen MR) is 72.6 cm³/mol. The van der Waals surface area contributed by atoms with Crippen molar-refractivity contribution in [2.24, 2.45) is 0 Å². The summed E-state index contributed by atoms with van der Waals surface area (Å²) in [6.07, 6.45) is 0. The maximum atomic E-state index is 12.0. The molecule has 11 nitrogen and oxygen atoms in total. The van der Waals surface area contributed by atoms with E-state index in [1.54, 1.807) is 0 Å². The lowest BCUT2D eigenvalue weighted by Crippen LogP contribution is -2.16. The Morgan fingerprint density at radius 3 is 2.05 bits per heavy atom. The topological polar surface area (TPSA) is 180 Å². The lowest BCUT2D eigenvalue weighted by Gasteiger charge is -2.06. The number of hydrogen-bond acceptors (Lipinski definition) is 9. The number of nitro benzene ring substituents is 1. The Kier molecular flexibility index (Phi) is 3.54. The summed E-state index contributed by atoms with van der Waals surface area (Å²) in [5, 5.41) is 10.5. The number of rotatable bonds is 4. The summed E-state index contributed by atoms with van der Waals surface area (Å²) in [7, 11) is -4.03. The number of aromatic nitrogens is 3. The lowest BCUT2D eigenvalue weighted by atomic mass is 10.3. The Morgan fingerprint density at radius 2 is 1.57 bits per heavy atom. The molecular formula is C9H9N7O4S.